The first-order chi connectivity index (χ1) is 9.25. The molecule has 0 spiro atoms. The summed E-state index contributed by atoms with van der Waals surface area (Å²) in [6, 6.07) is 20.6. The van der Waals surface area contributed by atoms with E-state index in [0.717, 1.165) is 6.42 Å². The molecule has 2 aromatic rings. The molecule has 0 aliphatic heterocycles. The lowest BCUT2D eigenvalue weighted by Crippen LogP contribution is -2.05. The van der Waals surface area contributed by atoms with E-state index < -0.39 is 0 Å². The summed E-state index contributed by atoms with van der Waals surface area (Å²) in [5, 5.41) is 0. The summed E-state index contributed by atoms with van der Waals surface area (Å²) in [5.41, 5.74) is 1.21. The molecule has 0 saturated heterocycles. The smallest absolute Gasteiger partial charge is 0.231 e. The zero-order chi connectivity index (χ0) is 13.5. The summed E-state index contributed by atoms with van der Waals surface area (Å²) in [4.78, 5) is 13.7. The van der Waals surface area contributed by atoms with E-state index in [1.807, 2.05) is 36.4 Å². The number of ketones is 1. The highest BCUT2D eigenvalue weighted by atomic mass is 32.1. The van der Waals surface area contributed by atoms with Gasteiger partial charge in [0.05, 0.1) is 0 Å². The Balaban J connectivity index is 2.29. The Kier molecular flexibility index (Phi) is 4.99. The van der Waals surface area contributed by atoms with Crippen LogP contribution >= 0.6 is 0 Å². The lowest BCUT2D eigenvalue weighted by atomic mass is 10.1. The fourth-order valence-electron chi connectivity index (χ4n) is 1.80. The van der Waals surface area contributed by atoms with Gasteiger partial charge in [0.25, 0.3) is 0 Å². The van der Waals surface area contributed by atoms with E-state index in [0.29, 0.717) is 6.42 Å². The van der Waals surface area contributed by atoms with Crippen LogP contribution in [-0.4, -0.2) is 10.6 Å². The highest BCUT2D eigenvalue weighted by Gasteiger charge is 2.16. The number of rotatable bonds is 5. The Morgan fingerprint density at radius 1 is 0.895 bits per heavy atom. The van der Waals surface area contributed by atoms with Gasteiger partial charge in [0.15, 0.2) is 0 Å². The molecule has 0 aliphatic rings. The molecule has 1 nitrogen and oxygen atoms in total. The minimum absolute atomic E-state index is 0.238. The number of hydrogen-bond donors (Lipinski definition) is 0. The Morgan fingerprint density at radius 2 is 1.47 bits per heavy atom. The van der Waals surface area contributed by atoms with E-state index in [2.05, 4.69) is 24.3 Å². The number of Topliss-reactive ketones (excluding diaryl/α,β-unsaturated/α-hetero) is 1. The Hall–Kier alpha value is -1.80. The number of carbonyl (C=O) groups is 1. The summed E-state index contributed by atoms with van der Waals surface area (Å²) in [5.74, 6) is 0.238. The molecule has 2 aromatic carbocycles. The average Bonchev–Trinajstić information content (AvgIpc) is 2.45. The summed E-state index contributed by atoms with van der Waals surface area (Å²) < 4.78 is 0. The molecule has 0 unspecified atom stereocenters. The van der Waals surface area contributed by atoms with Gasteiger partial charge < -0.3 is 4.79 Å². The number of hydrogen-bond acceptors (Lipinski definition) is 1. The summed E-state index contributed by atoms with van der Waals surface area (Å²) in [6.45, 7) is 1.65. The van der Waals surface area contributed by atoms with E-state index in [9.17, 15) is 4.79 Å². The molecule has 0 heterocycles. The first-order valence-corrected chi connectivity index (χ1v) is 7.21. The Labute approximate surface area is 118 Å². The molecule has 0 saturated carbocycles. The van der Waals surface area contributed by atoms with Crippen molar-refractivity contribution < 1.29 is 4.79 Å². The Morgan fingerprint density at radius 3 is 2.05 bits per heavy atom. The molecule has 0 fully saturated rings. The van der Waals surface area contributed by atoms with Gasteiger partial charge in [-0.25, -0.2) is 0 Å². The predicted octanol–water partition coefficient (Wildman–Crippen LogP) is 3.72. The van der Waals surface area contributed by atoms with Gasteiger partial charge in [-0.15, -0.1) is 0 Å². The molecule has 0 amide bonds. The van der Waals surface area contributed by atoms with Crippen molar-refractivity contribution in [3.05, 3.63) is 66.2 Å². The summed E-state index contributed by atoms with van der Waals surface area (Å²) >= 11 is 1.75. The van der Waals surface area contributed by atoms with Gasteiger partial charge in [-0.2, -0.15) is 0 Å². The van der Waals surface area contributed by atoms with Crippen LogP contribution in [0.2, 0.25) is 0 Å². The topological polar surface area (TPSA) is 17.1 Å². The van der Waals surface area contributed by atoms with Crippen LogP contribution in [-0.2, 0) is 16.1 Å². The number of benzene rings is 2. The first-order valence-electron chi connectivity index (χ1n) is 6.39. The van der Waals surface area contributed by atoms with Crippen LogP contribution in [0.15, 0.2) is 65.6 Å². The maximum atomic E-state index is 11.2. The fraction of sp³-hybridized carbons (Fsp3) is 0.176. The van der Waals surface area contributed by atoms with Crippen molar-refractivity contribution >= 4 is 22.0 Å². The van der Waals surface area contributed by atoms with Crippen LogP contribution in [0, 0.1) is 0 Å². The molecule has 0 aromatic heterocycles. The molecule has 0 atom stereocenters. The van der Waals surface area contributed by atoms with E-state index in [-0.39, 0.29) is 5.78 Å². The molecule has 0 N–H and O–H groups in total. The largest absolute Gasteiger partial charge is 0.300 e. The van der Waals surface area contributed by atoms with Gasteiger partial charge in [0.2, 0.25) is 21.1 Å². The van der Waals surface area contributed by atoms with E-state index in [1.165, 1.54) is 15.3 Å². The van der Waals surface area contributed by atoms with Gasteiger partial charge >= 0.3 is 0 Å². The van der Waals surface area contributed by atoms with Crippen LogP contribution in [0.3, 0.4) is 0 Å². The fourth-order valence-corrected chi connectivity index (χ4v) is 2.83. The maximum absolute atomic E-state index is 11.2. The summed E-state index contributed by atoms with van der Waals surface area (Å²) in [6.07, 6.45) is 1.41. The molecule has 0 radical (unpaired) electrons. The van der Waals surface area contributed by atoms with Crippen molar-refractivity contribution in [2.24, 2.45) is 0 Å². The second-order valence-corrected chi connectivity index (χ2v) is 5.57. The SMILES string of the molecule is CC(=O)CCC(=[S+]c1ccccc1)c1ccccc1. The predicted molar refractivity (Wildman–Crippen MR) is 82.5 cm³/mol. The van der Waals surface area contributed by atoms with Crippen molar-refractivity contribution in [2.45, 2.75) is 24.7 Å². The summed E-state index contributed by atoms with van der Waals surface area (Å²) in [7, 11) is 0. The number of carbonyl (C=O) groups excluding carboxylic acids is 1. The molecule has 0 aliphatic carbocycles. The van der Waals surface area contributed by atoms with Crippen molar-refractivity contribution in [1.82, 2.24) is 0 Å². The van der Waals surface area contributed by atoms with Crippen molar-refractivity contribution in [2.75, 3.05) is 0 Å². The van der Waals surface area contributed by atoms with Crippen molar-refractivity contribution in [1.29, 1.82) is 0 Å². The molecule has 96 valence electrons. The first kappa shape index (κ1) is 13.6. The minimum atomic E-state index is 0.238. The zero-order valence-electron chi connectivity index (χ0n) is 11.0. The van der Waals surface area contributed by atoms with Crippen molar-refractivity contribution in [3.63, 3.8) is 0 Å². The minimum Gasteiger partial charge on any atom is -0.300 e. The van der Waals surface area contributed by atoms with E-state index >= 15 is 0 Å². The van der Waals surface area contributed by atoms with Crippen molar-refractivity contribution in [3.8, 4) is 0 Å². The molecule has 2 heteroatoms. The lowest BCUT2D eigenvalue weighted by molar-refractivity contribution is -0.116. The van der Waals surface area contributed by atoms with Gasteiger partial charge in [-0.1, -0.05) is 36.4 Å². The third kappa shape index (κ3) is 4.42. The monoisotopic (exact) mass is 269 g/mol. The third-order valence-corrected chi connectivity index (χ3v) is 3.98. The average molecular weight is 269 g/mol. The molecule has 0 bridgehead atoms. The van der Waals surface area contributed by atoms with Crippen LogP contribution in [0.5, 0.6) is 0 Å². The Bertz CT molecular complexity index is 558. The molecule has 19 heavy (non-hydrogen) atoms. The zero-order valence-corrected chi connectivity index (χ0v) is 11.8. The highest BCUT2D eigenvalue weighted by molar-refractivity contribution is 7.79. The van der Waals surface area contributed by atoms with Crippen LogP contribution < -0.4 is 0 Å². The molecular formula is C17H17OS+. The van der Waals surface area contributed by atoms with E-state index in [4.69, 9.17) is 0 Å². The van der Waals surface area contributed by atoms with Gasteiger partial charge in [0, 0.05) is 30.5 Å². The second-order valence-electron chi connectivity index (χ2n) is 4.41. The van der Waals surface area contributed by atoms with Gasteiger partial charge in [-0.3, -0.25) is 0 Å². The lowest BCUT2D eigenvalue weighted by Gasteiger charge is -1.97. The quantitative estimate of drug-likeness (QED) is 0.459. The van der Waals surface area contributed by atoms with Crippen LogP contribution in [0.4, 0.5) is 0 Å². The maximum Gasteiger partial charge on any atom is 0.231 e. The molecule has 2 rings (SSSR count). The van der Waals surface area contributed by atoms with Crippen LogP contribution in [0.25, 0.3) is 0 Å². The molecular weight excluding hydrogens is 252 g/mol. The standard InChI is InChI=1S/C17H17OS/c1-14(18)12-13-17(15-8-4-2-5-9-15)19-16-10-6-3-7-11-16/h2-11H,12-13H2,1H3/q+1. The van der Waals surface area contributed by atoms with Gasteiger partial charge in [-0.05, 0) is 19.1 Å². The normalized spacial score (nSPS) is 11.3. The van der Waals surface area contributed by atoms with Crippen LogP contribution in [0.1, 0.15) is 25.3 Å². The van der Waals surface area contributed by atoms with E-state index in [1.54, 1.807) is 18.3 Å². The highest BCUT2D eigenvalue weighted by Crippen LogP contribution is 2.09. The second kappa shape index (κ2) is 6.95. The van der Waals surface area contributed by atoms with Gasteiger partial charge in [0.1, 0.15) is 5.78 Å². The third-order valence-electron chi connectivity index (χ3n) is 2.78.